The van der Waals surface area contributed by atoms with Gasteiger partial charge >= 0.3 is 0 Å². The highest BCUT2D eigenvalue weighted by Crippen LogP contribution is 2.30. The first-order chi connectivity index (χ1) is 11.7. The van der Waals surface area contributed by atoms with E-state index in [0.29, 0.717) is 0 Å². The van der Waals surface area contributed by atoms with Gasteiger partial charge in [-0.15, -0.1) is 0 Å². The second kappa shape index (κ2) is 8.13. The summed E-state index contributed by atoms with van der Waals surface area (Å²) in [4.78, 5) is 16.6. The summed E-state index contributed by atoms with van der Waals surface area (Å²) < 4.78 is 6.02. The fourth-order valence-electron chi connectivity index (χ4n) is 3.76. The van der Waals surface area contributed by atoms with Crippen molar-refractivity contribution >= 4 is 5.91 Å². The molecule has 0 N–H and O–H groups in total. The third-order valence-corrected chi connectivity index (χ3v) is 5.44. The van der Waals surface area contributed by atoms with Crippen molar-refractivity contribution in [1.29, 1.82) is 0 Å². The summed E-state index contributed by atoms with van der Waals surface area (Å²) in [6.45, 7) is 7.38. The Hall–Kier alpha value is -1.39. The van der Waals surface area contributed by atoms with Crippen LogP contribution in [-0.4, -0.2) is 60.6 Å². The van der Waals surface area contributed by atoms with Crippen LogP contribution in [0.15, 0.2) is 30.3 Å². The molecule has 0 saturated carbocycles. The second-order valence-corrected chi connectivity index (χ2v) is 7.22. The number of carbonyl (C=O) groups is 1. The number of rotatable bonds is 6. The van der Waals surface area contributed by atoms with E-state index in [9.17, 15) is 4.79 Å². The van der Waals surface area contributed by atoms with E-state index in [1.165, 1.54) is 5.56 Å². The van der Waals surface area contributed by atoms with Gasteiger partial charge < -0.3 is 14.5 Å². The highest BCUT2D eigenvalue weighted by molar-refractivity contribution is 5.78. The third-order valence-electron chi connectivity index (χ3n) is 5.44. The molecule has 2 fully saturated rings. The Morgan fingerprint density at radius 1 is 1.12 bits per heavy atom. The molecule has 0 unspecified atom stereocenters. The normalized spacial score (nSPS) is 21.4. The number of nitrogens with zero attached hydrogens (tertiary/aromatic N) is 2. The van der Waals surface area contributed by atoms with Gasteiger partial charge in [-0.05, 0) is 31.2 Å². The van der Waals surface area contributed by atoms with E-state index in [-0.39, 0.29) is 18.1 Å². The van der Waals surface area contributed by atoms with Gasteiger partial charge in [0.05, 0.1) is 5.60 Å². The summed E-state index contributed by atoms with van der Waals surface area (Å²) in [6, 6.07) is 10.7. The zero-order valence-corrected chi connectivity index (χ0v) is 14.9. The molecule has 1 aromatic carbocycles. The third kappa shape index (κ3) is 4.37. The lowest BCUT2D eigenvalue weighted by molar-refractivity contribution is -0.171. The Labute approximate surface area is 145 Å². The molecule has 1 aromatic rings. The van der Waals surface area contributed by atoms with Gasteiger partial charge in [0.1, 0.15) is 6.61 Å². The van der Waals surface area contributed by atoms with Crippen molar-refractivity contribution in [2.75, 3.05) is 39.3 Å². The van der Waals surface area contributed by atoms with Gasteiger partial charge in [-0.2, -0.15) is 0 Å². The van der Waals surface area contributed by atoms with Crippen molar-refractivity contribution in [3.63, 3.8) is 0 Å². The standard InChI is InChI=1S/C20H30N2O2/c1-2-3-12-22-17-20(24-16-19(22)23)10-14-21(15-11-20)13-9-18-7-5-4-6-8-18/h4-8H,2-3,9-17H2,1H3. The first-order valence-corrected chi connectivity index (χ1v) is 9.39. The molecule has 24 heavy (non-hydrogen) atoms. The number of ether oxygens (including phenoxy) is 1. The summed E-state index contributed by atoms with van der Waals surface area (Å²) in [7, 11) is 0. The first-order valence-electron chi connectivity index (χ1n) is 9.39. The van der Waals surface area contributed by atoms with Gasteiger partial charge in [0, 0.05) is 32.7 Å². The Balaban J connectivity index is 1.47. The van der Waals surface area contributed by atoms with Crippen LogP contribution >= 0.6 is 0 Å². The number of piperidine rings is 1. The van der Waals surface area contributed by atoms with E-state index in [2.05, 4.69) is 42.2 Å². The molecular weight excluding hydrogens is 300 g/mol. The molecule has 4 heteroatoms. The Morgan fingerprint density at radius 2 is 1.88 bits per heavy atom. The van der Waals surface area contributed by atoms with E-state index in [0.717, 1.165) is 64.8 Å². The molecule has 2 aliphatic rings. The van der Waals surface area contributed by atoms with Crippen molar-refractivity contribution < 1.29 is 9.53 Å². The van der Waals surface area contributed by atoms with E-state index >= 15 is 0 Å². The zero-order valence-electron chi connectivity index (χ0n) is 14.9. The fraction of sp³-hybridized carbons (Fsp3) is 0.650. The maximum absolute atomic E-state index is 12.0. The van der Waals surface area contributed by atoms with Crippen LogP contribution in [0.3, 0.4) is 0 Å². The highest BCUT2D eigenvalue weighted by Gasteiger charge is 2.41. The molecule has 3 rings (SSSR count). The highest BCUT2D eigenvalue weighted by atomic mass is 16.5. The van der Waals surface area contributed by atoms with Crippen molar-refractivity contribution in [3.05, 3.63) is 35.9 Å². The molecule has 2 saturated heterocycles. The molecule has 0 bridgehead atoms. The minimum atomic E-state index is -0.0924. The Bertz CT molecular complexity index is 524. The van der Waals surface area contributed by atoms with Gasteiger partial charge in [-0.1, -0.05) is 43.7 Å². The maximum atomic E-state index is 12.0. The zero-order chi connectivity index (χ0) is 16.8. The Kier molecular flexibility index (Phi) is 5.90. The number of benzene rings is 1. The molecule has 4 nitrogen and oxygen atoms in total. The topological polar surface area (TPSA) is 32.8 Å². The molecule has 2 aliphatic heterocycles. The minimum Gasteiger partial charge on any atom is -0.363 e. The smallest absolute Gasteiger partial charge is 0.248 e. The van der Waals surface area contributed by atoms with Crippen molar-refractivity contribution in [3.8, 4) is 0 Å². The predicted octanol–water partition coefficient (Wildman–Crippen LogP) is 2.72. The second-order valence-electron chi connectivity index (χ2n) is 7.22. The van der Waals surface area contributed by atoms with Crippen molar-refractivity contribution in [2.24, 2.45) is 0 Å². The molecule has 2 heterocycles. The van der Waals surface area contributed by atoms with Gasteiger partial charge in [-0.3, -0.25) is 4.79 Å². The minimum absolute atomic E-state index is 0.0924. The average molecular weight is 330 g/mol. The predicted molar refractivity (Wildman–Crippen MR) is 96.0 cm³/mol. The summed E-state index contributed by atoms with van der Waals surface area (Å²) in [6.07, 6.45) is 5.40. The van der Waals surface area contributed by atoms with Gasteiger partial charge in [0.25, 0.3) is 0 Å². The van der Waals surface area contributed by atoms with Gasteiger partial charge in [-0.25, -0.2) is 0 Å². The summed E-state index contributed by atoms with van der Waals surface area (Å²) >= 11 is 0. The molecule has 132 valence electrons. The van der Waals surface area contributed by atoms with E-state index in [1.807, 2.05) is 4.90 Å². The van der Waals surface area contributed by atoms with Crippen LogP contribution in [0, 0.1) is 0 Å². The number of likely N-dealkylation sites (tertiary alicyclic amines) is 1. The Morgan fingerprint density at radius 3 is 2.58 bits per heavy atom. The molecule has 0 aromatic heterocycles. The monoisotopic (exact) mass is 330 g/mol. The lowest BCUT2D eigenvalue weighted by Gasteiger charge is -2.47. The molecule has 0 aliphatic carbocycles. The largest absolute Gasteiger partial charge is 0.363 e. The molecular formula is C20H30N2O2. The van der Waals surface area contributed by atoms with Gasteiger partial charge in [0.2, 0.25) is 5.91 Å². The van der Waals surface area contributed by atoms with E-state index < -0.39 is 0 Å². The number of hydrogen-bond acceptors (Lipinski definition) is 3. The molecule has 1 spiro atoms. The van der Waals surface area contributed by atoms with Gasteiger partial charge in [0.15, 0.2) is 0 Å². The van der Waals surface area contributed by atoms with Crippen molar-refractivity contribution in [2.45, 2.75) is 44.6 Å². The van der Waals surface area contributed by atoms with Crippen molar-refractivity contribution in [1.82, 2.24) is 9.80 Å². The lowest BCUT2D eigenvalue weighted by atomic mass is 9.89. The molecule has 0 atom stereocenters. The molecule has 0 radical (unpaired) electrons. The number of morpholine rings is 1. The first kappa shape index (κ1) is 17.4. The van der Waals surface area contributed by atoms with E-state index in [4.69, 9.17) is 4.74 Å². The fourth-order valence-corrected chi connectivity index (χ4v) is 3.76. The number of amides is 1. The summed E-state index contributed by atoms with van der Waals surface area (Å²) in [5.74, 6) is 0.167. The summed E-state index contributed by atoms with van der Waals surface area (Å²) in [5, 5.41) is 0. The van der Waals surface area contributed by atoms with Crippen LogP contribution < -0.4 is 0 Å². The lowest BCUT2D eigenvalue weighted by Crippen LogP contribution is -2.58. The number of unbranched alkanes of at least 4 members (excludes halogenated alkanes) is 1. The average Bonchev–Trinajstić information content (AvgIpc) is 2.63. The van der Waals surface area contributed by atoms with E-state index in [1.54, 1.807) is 0 Å². The van der Waals surface area contributed by atoms with Crippen LogP contribution in [0.25, 0.3) is 0 Å². The SMILES string of the molecule is CCCCN1CC2(CCN(CCc3ccccc3)CC2)OCC1=O. The van der Waals surface area contributed by atoms with Crippen LogP contribution in [0.2, 0.25) is 0 Å². The molecule has 1 amide bonds. The number of hydrogen-bond donors (Lipinski definition) is 0. The van der Waals surface area contributed by atoms with Crippen LogP contribution in [0.4, 0.5) is 0 Å². The summed E-state index contributed by atoms with van der Waals surface area (Å²) in [5.41, 5.74) is 1.31. The maximum Gasteiger partial charge on any atom is 0.248 e. The number of carbonyl (C=O) groups excluding carboxylic acids is 1. The van der Waals surface area contributed by atoms with Crippen LogP contribution in [0.1, 0.15) is 38.2 Å². The quantitative estimate of drug-likeness (QED) is 0.804. The van der Waals surface area contributed by atoms with Crippen LogP contribution in [0.5, 0.6) is 0 Å². The van der Waals surface area contributed by atoms with Crippen LogP contribution in [-0.2, 0) is 16.0 Å².